The highest BCUT2D eigenvalue weighted by Crippen LogP contribution is 2.39. The van der Waals surface area contributed by atoms with Crippen molar-refractivity contribution in [3.8, 4) is 0 Å². The van der Waals surface area contributed by atoms with Crippen molar-refractivity contribution in [1.82, 2.24) is 0 Å². The summed E-state index contributed by atoms with van der Waals surface area (Å²) in [6, 6.07) is 0. The van der Waals surface area contributed by atoms with Gasteiger partial charge in [0.25, 0.3) is 0 Å². The summed E-state index contributed by atoms with van der Waals surface area (Å²) in [6.07, 6.45) is 35.5. The summed E-state index contributed by atoms with van der Waals surface area (Å²) in [4.78, 5) is 0. The first-order chi connectivity index (χ1) is 17.2. The molecule has 0 saturated heterocycles. The summed E-state index contributed by atoms with van der Waals surface area (Å²) < 4.78 is 29.5. The van der Waals surface area contributed by atoms with Crippen LogP contribution in [-0.4, -0.2) is 12.3 Å². The Morgan fingerprint density at radius 3 is 0.771 bits per heavy atom. The highest BCUT2D eigenvalue weighted by atomic mass is 31.2. The first-order valence-corrected chi connectivity index (χ1v) is 19.0. The van der Waals surface area contributed by atoms with Gasteiger partial charge in [0.2, 0.25) is 0 Å². The van der Waals surface area contributed by atoms with Crippen LogP contribution < -0.4 is 0 Å². The molecule has 0 aliphatic rings. The van der Waals surface area contributed by atoms with Gasteiger partial charge in [0.1, 0.15) is 0 Å². The standard InChI is InChI=1S/C30H64O3P2/c1-3-5-7-9-11-13-15-17-19-21-23-25-27-29-34(31)33-35(32)30-28-26-24-22-20-18-16-14-12-10-8-6-4-2/h34-35H,3-30H2,1-2H3. The van der Waals surface area contributed by atoms with Crippen LogP contribution in [0.15, 0.2) is 0 Å². The van der Waals surface area contributed by atoms with Crippen molar-refractivity contribution in [3.63, 3.8) is 0 Å². The second-order valence-electron chi connectivity index (χ2n) is 10.8. The molecule has 0 spiro atoms. The highest BCUT2D eigenvalue weighted by Gasteiger charge is 2.06. The van der Waals surface area contributed by atoms with Gasteiger partial charge >= 0.3 is 0 Å². The Balaban J connectivity index is 3.29. The van der Waals surface area contributed by atoms with Crippen LogP contribution in [-0.2, 0) is 13.4 Å². The fourth-order valence-corrected chi connectivity index (χ4v) is 7.71. The van der Waals surface area contributed by atoms with Crippen molar-refractivity contribution >= 4 is 16.1 Å². The molecule has 0 heterocycles. The number of unbranched alkanes of at least 4 members (excludes halogenated alkanes) is 24. The van der Waals surface area contributed by atoms with E-state index >= 15 is 0 Å². The molecule has 0 aromatic rings. The van der Waals surface area contributed by atoms with Gasteiger partial charge < -0.3 is 0 Å². The summed E-state index contributed by atoms with van der Waals surface area (Å²) in [5, 5.41) is 0. The number of hydrogen-bond acceptors (Lipinski definition) is 3. The molecule has 0 saturated carbocycles. The van der Waals surface area contributed by atoms with E-state index in [2.05, 4.69) is 13.8 Å². The van der Waals surface area contributed by atoms with Crippen molar-refractivity contribution in [3.05, 3.63) is 0 Å². The van der Waals surface area contributed by atoms with E-state index in [1.165, 1.54) is 141 Å². The van der Waals surface area contributed by atoms with Crippen LogP contribution >= 0.6 is 16.1 Å². The molecule has 0 fully saturated rings. The highest BCUT2D eigenvalue weighted by molar-refractivity contribution is 7.53. The molecule has 0 N–H and O–H groups in total. The molecule has 0 rings (SSSR count). The third-order valence-corrected chi connectivity index (χ3v) is 10.5. The van der Waals surface area contributed by atoms with Gasteiger partial charge in [-0.25, -0.2) is 0 Å². The molecular formula is C30H64O3P2. The van der Waals surface area contributed by atoms with Gasteiger partial charge in [-0.1, -0.05) is 168 Å². The van der Waals surface area contributed by atoms with Crippen LogP contribution in [0.1, 0.15) is 181 Å². The maximum Gasteiger partial charge on any atom is 0.197 e. The molecule has 212 valence electrons. The van der Waals surface area contributed by atoms with E-state index < -0.39 is 16.1 Å². The van der Waals surface area contributed by atoms with Crippen LogP contribution in [0.3, 0.4) is 0 Å². The van der Waals surface area contributed by atoms with Crippen molar-refractivity contribution in [2.24, 2.45) is 0 Å². The van der Waals surface area contributed by atoms with E-state index in [1.807, 2.05) is 0 Å². The minimum Gasteiger partial charge on any atom is -0.296 e. The molecule has 35 heavy (non-hydrogen) atoms. The third kappa shape index (κ3) is 30.5. The van der Waals surface area contributed by atoms with Crippen molar-refractivity contribution in [2.45, 2.75) is 181 Å². The largest absolute Gasteiger partial charge is 0.296 e. The van der Waals surface area contributed by atoms with E-state index in [0.29, 0.717) is 12.3 Å². The van der Waals surface area contributed by atoms with E-state index in [1.54, 1.807) is 0 Å². The molecule has 2 atom stereocenters. The Morgan fingerprint density at radius 1 is 0.343 bits per heavy atom. The van der Waals surface area contributed by atoms with Crippen LogP contribution in [0, 0.1) is 0 Å². The molecule has 2 unspecified atom stereocenters. The summed E-state index contributed by atoms with van der Waals surface area (Å²) >= 11 is 0. The lowest BCUT2D eigenvalue weighted by atomic mass is 10.1. The van der Waals surface area contributed by atoms with Gasteiger partial charge in [-0.05, 0) is 12.8 Å². The Hall–Kier alpha value is 0.420. The predicted octanol–water partition coefficient (Wildman–Crippen LogP) is 12.1. The monoisotopic (exact) mass is 534 g/mol. The Labute approximate surface area is 222 Å². The summed E-state index contributed by atoms with van der Waals surface area (Å²) in [5.41, 5.74) is 0. The molecule has 5 heteroatoms. The molecule has 0 radical (unpaired) electrons. The van der Waals surface area contributed by atoms with Crippen molar-refractivity contribution in [2.75, 3.05) is 12.3 Å². The van der Waals surface area contributed by atoms with Crippen LogP contribution in [0.5, 0.6) is 0 Å². The molecular weight excluding hydrogens is 470 g/mol. The molecule has 0 aromatic carbocycles. The predicted molar refractivity (Wildman–Crippen MR) is 160 cm³/mol. The number of rotatable bonds is 30. The Kier molecular flexibility index (Phi) is 31.0. The van der Waals surface area contributed by atoms with Gasteiger partial charge in [0.15, 0.2) is 16.1 Å². The minimum atomic E-state index is -2.09. The van der Waals surface area contributed by atoms with E-state index in [9.17, 15) is 9.13 Å². The normalized spacial score (nSPS) is 13.3. The molecule has 0 aliphatic carbocycles. The van der Waals surface area contributed by atoms with Gasteiger partial charge in [-0.3, -0.25) is 13.4 Å². The van der Waals surface area contributed by atoms with Gasteiger partial charge in [-0.2, -0.15) is 0 Å². The smallest absolute Gasteiger partial charge is 0.197 e. The molecule has 0 aliphatic heterocycles. The average molecular weight is 535 g/mol. The van der Waals surface area contributed by atoms with E-state index in [0.717, 1.165) is 25.7 Å². The fraction of sp³-hybridized carbons (Fsp3) is 1.00. The molecule has 0 aromatic heterocycles. The van der Waals surface area contributed by atoms with Crippen molar-refractivity contribution < 1.29 is 13.4 Å². The second-order valence-corrected chi connectivity index (χ2v) is 14.1. The maximum absolute atomic E-state index is 12.1. The Morgan fingerprint density at radius 2 is 0.543 bits per heavy atom. The quantitative estimate of drug-likeness (QED) is 0.0680. The first-order valence-electron chi connectivity index (χ1n) is 15.9. The summed E-state index contributed by atoms with van der Waals surface area (Å²) in [5.74, 6) is 0. The minimum absolute atomic E-state index is 0.622. The van der Waals surface area contributed by atoms with Crippen LogP contribution in [0.25, 0.3) is 0 Å². The SMILES string of the molecule is CCCCCCCCCCCCCCC[PH](=O)O[PH](=O)CCCCCCCCCCCCCCC. The lowest BCUT2D eigenvalue weighted by molar-refractivity contribution is 0.482. The lowest BCUT2D eigenvalue weighted by Crippen LogP contribution is -1.86. The van der Waals surface area contributed by atoms with Crippen LogP contribution in [0.4, 0.5) is 0 Å². The van der Waals surface area contributed by atoms with Gasteiger partial charge in [-0.15, -0.1) is 0 Å². The zero-order valence-electron chi connectivity index (χ0n) is 24.0. The fourth-order valence-electron chi connectivity index (χ4n) is 4.80. The topological polar surface area (TPSA) is 43.4 Å². The second kappa shape index (κ2) is 30.6. The summed E-state index contributed by atoms with van der Waals surface area (Å²) in [6.45, 7) is 4.55. The average Bonchev–Trinajstić information content (AvgIpc) is 2.85. The molecule has 0 bridgehead atoms. The summed E-state index contributed by atoms with van der Waals surface area (Å²) in [7, 11) is -4.17. The maximum atomic E-state index is 12.1. The zero-order valence-corrected chi connectivity index (χ0v) is 26.0. The van der Waals surface area contributed by atoms with Crippen LogP contribution in [0.2, 0.25) is 0 Å². The molecule has 3 nitrogen and oxygen atoms in total. The zero-order chi connectivity index (χ0) is 25.7. The van der Waals surface area contributed by atoms with Crippen molar-refractivity contribution in [1.29, 1.82) is 0 Å². The first kappa shape index (κ1) is 35.4. The number of hydrogen-bond donors (Lipinski definition) is 0. The van der Waals surface area contributed by atoms with E-state index in [-0.39, 0.29) is 0 Å². The third-order valence-electron chi connectivity index (χ3n) is 7.20. The van der Waals surface area contributed by atoms with Gasteiger partial charge in [0, 0.05) is 12.3 Å². The lowest BCUT2D eigenvalue weighted by Gasteiger charge is -2.06. The molecule has 0 amide bonds. The van der Waals surface area contributed by atoms with Gasteiger partial charge in [0.05, 0.1) is 0 Å². The van der Waals surface area contributed by atoms with E-state index in [4.69, 9.17) is 4.31 Å². The Bertz CT molecular complexity index is 417.